The Labute approximate surface area is 57.3 Å². The quantitative estimate of drug-likeness (QED) is 0.384. The van der Waals surface area contributed by atoms with Crippen molar-refractivity contribution in [2.45, 2.75) is 0 Å². The zero-order valence-corrected chi connectivity index (χ0v) is 5.71. The van der Waals surface area contributed by atoms with E-state index in [0.29, 0.717) is 0 Å². The van der Waals surface area contributed by atoms with Crippen molar-refractivity contribution in [3.8, 4) is 0 Å². The van der Waals surface area contributed by atoms with Crippen LogP contribution in [0.4, 0.5) is 0 Å². The second-order valence-corrected chi connectivity index (χ2v) is 0.729. The number of rotatable bonds is 0. The molecule has 0 aliphatic heterocycles. The molecular formula is C2H5IN2O2. The van der Waals surface area contributed by atoms with E-state index >= 15 is 0 Å². The van der Waals surface area contributed by atoms with Crippen molar-refractivity contribution in [2.75, 3.05) is 0 Å². The minimum absolute atomic E-state index is 0. The summed E-state index contributed by atoms with van der Waals surface area (Å²) in [6.07, 6.45) is 0. The molecule has 0 atom stereocenters. The van der Waals surface area contributed by atoms with Gasteiger partial charge in [-0.1, -0.05) is 0 Å². The molecule has 0 unspecified atom stereocenters. The van der Waals surface area contributed by atoms with Gasteiger partial charge in [-0.15, -0.1) is 24.0 Å². The lowest BCUT2D eigenvalue weighted by molar-refractivity contribution is -0.135. The third kappa shape index (κ3) is 5.67. The molecule has 0 radical (unpaired) electrons. The first-order valence-electron chi connectivity index (χ1n) is 1.24. The monoisotopic (exact) mass is 216 g/mol. The topological polar surface area (TPSA) is 86.2 Å². The number of halogens is 1. The van der Waals surface area contributed by atoms with Crippen molar-refractivity contribution in [1.29, 1.82) is 0 Å². The number of carbonyl (C=O) groups is 2. The molecule has 5 heteroatoms. The Morgan fingerprint density at radius 1 is 1.00 bits per heavy atom. The predicted octanol–water partition coefficient (Wildman–Crippen LogP) is -1.42. The smallest absolute Gasteiger partial charge is 0.306 e. The molecule has 0 saturated carbocycles. The third-order valence-corrected chi connectivity index (χ3v) is 0.243. The second kappa shape index (κ2) is 3.85. The summed E-state index contributed by atoms with van der Waals surface area (Å²) in [6, 6.07) is 0. The van der Waals surface area contributed by atoms with Crippen LogP contribution in [-0.4, -0.2) is 11.8 Å². The molecular weight excluding hydrogens is 211 g/mol. The van der Waals surface area contributed by atoms with Crippen molar-refractivity contribution >= 4 is 35.8 Å². The molecule has 0 spiro atoms. The lowest BCUT2D eigenvalue weighted by atomic mass is 10.6. The molecule has 4 nitrogen and oxygen atoms in total. The van der Waals surface area contributed by atoms with Crippen LogP contribution >= 0.6 is 24.0 Å². The van der Waals surface area contributed by atoms with Crippen molar-refractivity contribution in [1.82, 2.24) is 0 Å². The largest absolute Gasteiger partial charge is 0.361 e. The van der Waals surface area contributed by atoms with Crippen LogP contribution in [0.2, 0.25) is 0 Å². The summed E-state index contributed by atoms with van der Waals surface area (Å²) in [5.41, 5.74) is 8.64. The molecule has 0 fully saturated rings. The van der Waals surface area contributed by atoms with Crippen LogP contribution in [0.25, 0.3) is 0 Å². The number of carbonyl (C=O) groups excluding carboxylic acids is 2. The highest BCUT2D eigenvalue weighted by Gasteiger charge is 1.96. The number of nitrogens with two attached hydrogens (primary N) is 2. The van der Waals surface area contributed by atoms with E-state index in [1.54, 1.807) is 0 Å². The van der Waals surface area contributed by atoms with Crippen molar-refractivity contribution < 1.29 is 9.59 Å². The standard InChI is InChI=1S/C2H4N2O2.HI/c3-1(5)2(4)6;/h(H2,3,5)(H2,4,6);1H. The maximum atomic E-state index is 9.45. The lowest BCUT2D eigenvalue weighted by Gasteiger charge is -1.75. The summed E-state index contributed by atoms with van der Waals surface area (Å²) >= 11 is 0. The average molecular weight is 216 g/mol. The van der Waals surface area contributed by atoms with E-state index in [1.165, 1.54) is 0 Å². The fraction of sp³-hybridized carbons (Fsp3) is 0. The Morgan fingerprint density at radius 2 is 1.14 bits per heavy atom. The molecule has 0 bridgehead atoms. The molecule has 7 heavy (non-hydrogen) atoms. The Morgan fingerprint density at radius 3 is 1.14 bits per heavy atom. The second-order valence-electron chi connectivity index (χ2n) is 0.729. The van der Waals surface area contributed by atoms with Crippen LogP contribution in [-0.2, 0) is 9.59 Å². The Kier molecular flexibility index (Phi) is 5.40. The summed E-state index contributed by atoms with van der Waals surface area (Å²) in [4.78, 5) is 18.9. The molecule has 0 saturated heterocycles. The summed E-state index contributed by atoms with van der Waals surface area (Å²) in [5, 5.41) is 0. The zero-order valence-electron chi connectivity index (χ0n) is 3.38. The Bertz CT molecular complexity index is 79.7. The van der Waals surface area contributed by atoms with E-state index in [4.69, 9.17) is 0 Å². The summed E-state index contributed by atoms with van der Waals surface area (Å²) < 4.78 is 0. The summed E-state index contributed by atoms with van der Waals surface area (Å²) in [7, 11) is 0. The summed E-state index contributed by atoms with van der Waals surface area (Å²) in [5.74, 6) is -2.20. The maximum absolute atomic E-state index is 9.45. The summed E-state index contributed by atoms with van der Waals surface area (Å²) in [6.45, 7) is 0. The molecule has 2 amide bonds. The molecule has 4 N–H and O–H groups in total. The van der Waals surface area contributed by atoms with Gasteiger partial charge in [0.25, 0.3) is 0 Å². The highest BCUT2D eigenvalue weighted by atomic mass is 127. The predicted molar refractivity (Wildman–Crippen MR) is 33.8 cm³/mol. The van der Waals surface area contributed by atoms with Gasteiger partial charge in [0.2, 0.25) is 0 Å². The first-order chi connectivity index (χ1) is 2.64. The van der Waals surface area contributed by atoms with Crippen LogP contribution in [0.5, 0.6) is 0 Å². The van der Waals surface area contributed by atoms with Gasteiger partial charge in [0.05, 0.1) is 0 Å². The molecule has 0 heterocycles. The van der Waals surface area contributed by atoms with Gasteiger partial charge in [0, 0.05) is 0 Å². The zero-order chi connectivity index (χ0) is 5.15. The van der Waals surface area contributed by atoms with E-state index in [2.05, 4.69) is 11.5 Å². The van der Waals surface area contributed by atoms with Crippen LogP contribution in [0, 0.1) is 0 Å². The van der Waals surface area contributed by atoms with Gasteiger partial charge in [-0.3, -0.25) is 9.59 Å². The van der Waals surface area contributed by atoms with Crippen molar-refractivity contribution in [3.05, 3.63) is 0 Å². The van der Waals surface area contributed by atoms with Gasteiger partial charge in [-0.05, 0) is 0 Å². The number of amides is 2. The van der Waals surface area contributed by atoms with Gasteiger partial charge in [0.1, 0.15) is 0 Å². The van der Waals surface area contributed by atoms with Crippen LogP contribution in [0.1, 0.15) is 0 Å². The van der Waals surface area contributed by atoms with Gasteiger partial charge >= 0.3 is 11.8 Å². The first-order valence-corrected chi connectivity index (χ1v) is 1.24. The van der Waals surface area contributed by atoms with Crippen molar-refractivity contribution in [2.24, 2.45) is 11.5 Å². The highest BCUT2D eigenvalue weighted by Crippen LogP contribution is 1.44. The van der Waals surface area contributed by atoms with Crippen LogP contribution in [0.15, 0.2) is 0 Å². The van der Waals surface area contributed by atoms with Crippen molar-refractivity contribution in [3.63, 3.8) is 0 Å². The molecule has 42 valence electrons. The van der Waals surface area contributed by atoms with Crippen LogP contribution in [0.3, 0.4) is 0 Å². The van der Waals surface area contributed by atoms with Gasteiger partial charge < -0.3 is 11.5 Å². The average Bonchev–Trinajstić information content (AvgIpc) is 1.36. The Hall–Kier alpha value is -0.330. The normalized spacial score (nSPS) is 6.29. The SMILES string of the molecule is I.NC(=O)C(N)=O. The van der Waals surface area contributed by atoms with E-state index in [-0.39, 0.29) is 24.0 Å². The van der Waals surface area contributed by atoms with Gasteiger partial charge in [-0.25, -0.2) is 0 Å². The Balaban J connectivity index is 0. The lowest BCUT2D eigenvalue weighted by Crippen LogP contribution is -2.29. The molecule has 0 aliphatic carbocycles. The third-order valence-electron chi connectivity index (χ3n) is 0.243. The minimum Gasteiger partial charge on any atom is -0.361 e. The van der Waals surface area contributed by atoms with E-state index < -0.39 is 11.8 Å². The van der Waals surface area contributed by atoms with E-state index in [0.717, 1.165) is 0 Å². The molecule has 0 rings (SSSR count). The molecule has 0 aromatic heterocycles. The maximum Gasteiger partial charge on any atom is 0.306 e. The van der Waals surface area contributed by atoms with Gasteiger partial charge in [0.15, 0.2) is 0 Å². The molecule has 0 aromatic carbocycles. The van der Waals surface area contributed by atoms with Crippen LogP contribution < -0.4 is 11.5 Å². The number of hydrogen-bond donors (Lipinski definition) is 2. The van der Waals surface area contributed by atoms with E-state index in [1.807, 2.05) is 0 Å². The van der Waals surface area contributed by atoms with Gasteiger partial charge in [-0.2, -0.15) is 0 Å². The fourth-order valence-corrected chi connectivity index (χ4v) is 0. The molecule has 0 aliphatic rings. The highest BCUT2D eigenvalue weighted by molar-refractivity contribution is 14.0. The fourth-order valence-electron chi connectivity index (χ4n) is 0. The minimum atomic E-state index is -1.10. The number of hydrogen-bond acceptors (Lipinski definition) is 2. The molecule has 0 aromatic rings. The number of primary amides is 2. The van der Waals surface area contributed by atoms with E-state index in [9.17, 15) is 9.59 Å². The first kappa shape index (κ1) is 9.83.